The molecule has 2 aliphatic rings. The number of hydrogen-bond donors (Lipinski definition) is 2. The third-order valence-corrected chi connectivity index (χ3v) is 5.85. The molecule has 1 aliphatic carbocycles. The van der Waals surface area contributed by atoms with E-state index in [1.165, 1.54) is 16.7 Å². The van der Waals surface area contributed by atoms with Crippen molar-refractivity contribution >= 4 is 28.7 Å². The number of hydrogen-bond acceptors (Lipinski definition) is 5. The van der Waals surface area contributed by atoms with Gasteiger partial charge in [-0.05, 0) is 64.7 Å². The summed E-state index contributed by atoms with van der Waals surface area (Å²) in [4.78, 5) is 38.4. The Morgan fingerprint density at radius 3 is 2.50 bits per heavy atom. The predicted molar refractivity (Wildman–Crippen MR) is 118 cm³/mol. The van der Waals surface area contributed by atoms with Crippen LogP contribution in [0, 0.1) is 12.7 Å². The molecule has 4 rings (SSSR count). The first-order chi connectivity index (χ1) is 15.0. The summed E-state index contributed by atoms with van der Waals surface area (Å²) in [6.45, 7) is 8.06. The average Bonchev–Trinajstić information content (AvgIpc) is 3.40. The van der Waals surface area contributed by atoms with Gasteiger partial charge in [-0.15, -0.1) is 0 Å². The van der Waals surface area contributed by atoms with Gasteiger partial charge in [-0.25, -0.2) is 14.0 Å². The molecule has 1 unspecified atom stereocenters. The Morgan fingerprint density at radius 1 is 1.22 bits per heavy atom. The zero-order valence-corrected chi connectivity index (χ0v) is 18.7. The summed E-state index contributed by atoms with van der Waals surface area (Å²) in [6, 6.07) is 2.30. The summed E-state index contributed by atoms with van der Waals surface area (Å²) in [5.41, 5.74) is 0.0343. The molecule has 2 aromatic rings. The first kappa shape index (κ1) is 22.1. The maximum atomic E-state index is 15.2. The van der Waals surface area contributed by atoms with Gasteiger partial charge in [0, 0.05) is 24.5 Å². The van der Waals surface area contributed by atoms with Crippen molar-refractivity contribution in [2.24, 2.45) is 0 Å². The summed E-state index contributed by atoms with van der Waals surface area (Å²) in [6.07, 6.45) is 1.69. The number of fused-ring (bicyclic) bond motifs is 1. The molecule has 9 heteroatoms. The summed E-state index contributed by atoms with van der Waals surface area (Å²) < 4.78 is 22.1. The van der Waals surface area contributed by atoms with Crippen LogP contribution in [-0.4, -0.2) is 46.5 Å². The Morgan fingerprint density at radius 2 is 1.91 bits per heavy atom. The zero-order valence-electron chi connectivity index (χ0n) is 18.7. The molecule has 2 N–H and O–H groups in total. The number of nitrogens with one attached hydrogen (secondary N) is 1. The molecular weight excluding hydrogens is 417 g/mol. The number of aryl methyl sites for hydroxylation is 1. The second kappa shape index (κ2) is 7.79. The number of anilines is 1. The van der Waals surface area contributed by atoms with Crippen molar-refractivity contribution in [1.29, 1.82) is 0 Å². The fraction of sp³-hybridized carbons (Fsp3) is 0.522. The van der Waals surface area contributed by atoms with Crippen molar-refractivity contribution in [2.75, 3.05) is 18.0 Å². The molecule has 2 fully saturated rings. The number of carbonyl (C=O) groups is 2. The van der Waals surface area contributed by atoms with E-state index in [0.717, 1.165) is 12.8 Å². The number of halogens is 1. The highest BCUT2D eigenvalue weighted by molar-refractivity contribution is 5.95. The number of aromatic carboxylic acids is 1. The minimum atomic E-state index is -1.32. The minimum absolute atomic E-state index is 0.0681. The highest BCUT2D eigenvalue weighted by Gasteiger charge is 2.33. The smallest absolute Gasteiger partial charge is 0.407 e. The maximum absolute atomic E-state index is 15.2. The summed E-state index contributed by atoms with van der Waals surface area (Å²) >= 11 is 0. The third kappa shape index (κ3) is 4.16. The molecular formula is C23H28FN3O5. The van der Waals surface area contributed by atoms with Crippen molar-refractivity contribution in [3.63, 3.8) is 0 Å². The van der Waals surface area contributed by atoms with Gasteiger partial charge in [-0.3, -0.25) is 4.79 Å². The van der Waals surface area contributed by atoms with E-state index >= 15 is 4.39 Å². The number of benzene rings is 1. The number of amides is 1. The Labute approximate surface area is 185 Å². The Kier molecular flexibility index (Phi) is 5.38. The summed E-state index contributed by atoms with van der Waals surface area (Å²) in [5.74, 6) is -1.80. The lowest BCUT2D eigenvalue weighted by molar-refractivity contribution is 0.0508. The number of rotatable bonds is 4. The molecule has 8 nitrogen and oxygen atoms in total. The maximum Gasteiger partial charge on any atom is 0.407 e. The molecule has 1 aliphatic heterocycles. The number of nitrogens with zero attached hydrogens (tertiary/aromatic N) is 2. The van der Waals surface area contributed by atoms with Gasteiger partial charge in [0.2, 0.25) is 0 Å². The van der Waals surface area contributed by atoms with Gasteiger partial charge in [-0.1, -0.05) is 0 Å². The van der Waals surface area contributed by atoms with Crippen LogP contribution in [0.2, 0.25) is 0 Å². The topological polar surface area (TPSA) is 101 Å². The van der Waals surface area contributed by atoms with Gasteiger partial charge in [-0.2, -0.15) is 0 Å². The molecule has 0 spiro atoms. The molecule has 1 aromatic carbocycles. The minimum Gasteiger partial charge on any atom is -0.477 e. The molecule has 1 amide bonds. The van der Waals surface area contributed by atoms with E-state index in [2.05, 4.69) is 5.32 Å². The number of carboxylic acids is 1. The van der Waals surface area contributed by atoms with Crippen LogP contribution in [0.3, 0.4) is 0 Å². The number of ether oxygens (including phenoxy) is 1. The van der Waals surface area contributed by atoms with Crippen LogP contribution in [0.5, 0.6) is 0 Å². The van der Waals surface area contributed by atoms with E-state index in [1.54, 1.807) is 27.7 Å². The van der Waals surface area contributed by atoms with Crippen molar-refractivity contribution in [2.45, 2.75) is 64.6 Å². The molecule has 2 heterocycles. The van der Waals surface area contributed by atoms with Gasteiger partial charge in [0.05, 0.1) is 17.2 Å². The van der Waals surface area contributed by atoms with E-state index in [1.807, 2.05) is 4.90 Å². The highest BCUT2D eigenvalue weighted by atomic mass is 19.1. The van der Waals surface area contributed by atoms with Crippen LogP contribution >= 0.6 is 0 Å². The molecule has 0 radical (unpaired) electrons. The van der Waals surface area contributed by atoms with E-state index in [4.69, 9.17) is 4.74 Å². The fourth-order valence-corrected chi connectivity index (χ4v) is 4.44. The van der Waals surface area contributed by atoms with Crippen LogP contribution in [0.25, 0.3) is 10.9 Å². The first-order valence-corrected chi connectivity index (χ1v) is 10.8. The van der Waals surface area contributed by atoms with Crippen molar-refractivity contribution in [3.8, 4) is 0 Å². The Balaban J connectivity index is 1.69. The Bertz CT molecular complexity index is 1160. The highest BCUT2D eigenvalue weighted by Crippen LogP contribution is 2.40. The number of alkyl carbamates (subject to hydrolysis) is 1. The lowest BCUT2D eigenvalue weighted by Gasteiger charge is -2.25. The molecule has 0 bridgehead atoms. The normalized spacial score (nSPS) is 18.8. The second-order valence-electron chi connectivity index (χ2n) is 9.62. The van der Waals surface area contributed by atoms with Crippen molar-refractivity contribution in [1.82, 2.24) is 9.88 Å². The molecule has 32 heavy (non-hydrogen) atoms. The van der Waals surface area contributed by atoms with Crippen LogP contribution < -0.4 is 15.8 Å². The van der Waals surface area contributed by atoms with Crippen molar-refractivity contribution in [3.05, 3.63) is 39.4 Å². The van der Waals surface area contributed by atoms with Gasteiger partial charge in [0.15, 0.2) is 0 Å². The molecule has 172 valence electrons. The molecule has 1 atom stereocenters. The lowest BCUT2D eigenvalue weighted by atomic mass is 10.0. The lowest BCUT2D eigenvalue weighted by Crippen LogP contribution is -2.40. The van der Waals surface area contributed by atoms with Crippen molar-refractivity contribution < 1.29 is 23.8 Å². The average molecular weight is 445 g/mol. The standard InChI is InChI=1S/C23H28FN3O5/c1-12-18-13(9-16(21(29)30)20(28)27(18)15-5-6-15)10-17(24)19(12)26-8-7-14(11-26)25-22(31)32-23(2,3)4/h9-10,14-15H,5-8,11H2,1-4H3,(H,25,31)(H,29,30). The molecule has 1 saturated carbocycles. The number of carbonyl (C=O) groups excluding carboxylic acids is 1. The van der Waals surface area contributed by atoms with E-state index in [0.29, 0.717) is 41.7 Å². The van der Waals surface area contributed by atoms with Gasteiger partial charge < -0.3 is 24.6 Å². The van der Waals surface area contributed by atoms with Gasteiger partial charge in [0.25, 0.3) is 5.56 Å². The van der Waals surface area contributed by atoms with E-state index in [9.17, 15) is 19.5 Å². The quantitative estimate of drug-likeness (QED) is 0.746. The van der Waals surface area contributed by atoms with Crippen LogP contribution in [0.4, 0.5) is 14.9 Å². The first-order valence-electron chi connectivity index (χ1n) is 10.8. The van der Waals surface area contributed by atoms with E-state index in [-0.39, 0.29) is 17.6 Å². The third-order valence-electron chi connectivity index (χ3n) is 5.85. The van der Waals surface area contributed by atoms with Gasteiger partial charge >= 0.3 is 12.1 Å². The van der Waals surface area contributed by atoms with Crippen LogP contribution in [-0.2, 0) is 4.74 Å². The number of pyridine rings is 1. The van der Waals surface area contributed by atoms with E-state index < -0.39 is 29.0 Å². The van der Waals surface area contributed by atoms with Gasteiger partial charge in [0.1, 0.15) is 17.0 Å². The summed E-state index contributed by atoms with van der Waals surface area (Å²) in [5, 5.41) is 12.7. The molecule has 1 aromatic heterocycles. The predicted octanol–water partition coefficient (Wildman–Crippen LogP) is 3.59. The summed E-state index contributed by atoms with van der Waals surface area (Å²) in [7, 11) is 0. The molecule has 1 saturated heterocycles. The fourth-order valence-electron chi connectivity index (χ4n) is 4.44. The number of carboxylic acid groups (broad SMARTS) is 1. The largest absolute Gasteiger partial charge is 0.477 e. The monoisotopic (exact) mass is 445 g/mol. The second-order valence-corrected chi connectivity index (χ2v) is 9.62. The van der Waals surface area contributed by atoms with Crippen LogP contribution in [0.1, 0.15) is 62.0 Å². The Hall–Kier alpha value is -3.10. The SMILES string of the molecule is Cc1c(N2CCC(NC(=O)OC(C)(C)C)C2)c(F)cc2cc(C(=O)O)c(=O)n(C3CC3)c12. The van der Waals surface area contributed by atoms with Crippen LogP contribution in [0.15, 0.2) is 16.9 Å². The number of aromatic nitrogens is 1. The zero-order chi connectivity index (χ0) is 23.4.